The molecule has 1 aromatic heterocycles. The van der Waals surface area contributed by atoms with Crippen molar-refractivity contribution in [3.8, 4) is 0 Å². The second-order valence-corrected chi connectivity index (χ2v) is 7.46. The van der Waals surface area contributed by atoms with Crippen LogP contribution in [0.3, 0.4) is 0 Å². The van der Waals surface area contributed by atoms with Crippen LogP contribution in [0.15, 0.2) is 18.2 Å². The third-order valence-electron chi connectivity index (χ3n) is 3.84. The molecule has 2 heterocycles. The minimum absolute atomic E-state index is 0.159. The summed E-state index contributed by atoms with van der Waals surface area (Å²) in [4.78, 5) is 7.41. The van der Waals surface area contributed by atoms with Gasteiger partial charge >= 0.3 is 0 Å². The molecule has 0 aliphatic carbocycles. The van der Waals surface area contributed by atoms with Crippen LogP contribution in [0.2, 0.25) is 0 Å². The summed E-state index contributed by atoms with van der Waals surface area (Å²) in [7, 11) is 0. The Hall–Kier alpha value is -1.09. The summed E-state index contributed by atoms with van der Waals surface area (Å²) in [6.45, 7) is 9.14. The van der Waals surface area contributed by atoms with Gasteiger partial charge in [-0.05, 0) is 36.3 Å². The fraction of sp³-hybridized carbons (Fsp3) is 0.562. The zero-order valence-electron chi connectivity index (χ0n) is 12.1. The fourth-order valence-corrected chi connectivity index (χ4v) is 3.81. The topological polar surface area (TPSA) is 16.1 Å². The van der Waals surface area contributed by atoms with Crippen LogP contribution in [0, 0.1) is 0 Å². The summed E-state index contributed by atoms with van der Waals surface area (Å²) in [5.41, 5.74) is 2.73. The average Bonchev–Trinajstić information content (AvgIpc) is 2.82. The number of anilines is 1. The molecule has 1 saturated heterocycles. The van der Waals surface area contributed by atoms with Crippen molar-refractivity contribution < 1.29 is 0 Å². The van der Waals surface area contributed by atoms with Crippen LogP contribution in [0.25, 0.3) is 10.2 Å². The van der Waals surface area contributed by atoms with E-state index in [0.717, 1.165) is 0 Å². The van der Waals surface area contributed by atoms with E-state index < -0.39 is 0 Å². The van der Waals surface area contributed by atoms with E-state index in [2.05, 4.69) is 43.9 Å². The van der Waals surface area contributed by atoms with Crippen molar-refractivity contribution in [1.82, 2.24) is 4.98 Å². The molecule has 2 aromatic rings. The molecule has 0 N–H and O–H groups in total. The number of para-hydroxylation sites is 1. The predicted octanol–water partition coefficient (Wildman–Crippen LogP) is 4.58. The molecule has 102 valence electrons. The van der Waals surface area contributed by atoms with Gasteiger partial charge in [-0.3, -0.25) is 0 Å². The Morgan fingerprint density at radius 3 is 2.53 bits per heavy atom. The minimum Gasteiger partial charge on any atom is -0.348 e. The fourth-order valence-electron chi connectivity index (χ4n) is 2.76. The Bertz CT molecular complexity index is 574. The highest BCUT2D eigenvalue weighted by Gasteiger charge is 2.21. The third-order valence-corrected chi connectivity index (χ3v) is 4.92. The van der Waals surface area contributed by atoms with Gasteiger partial charge < -0.3 is 4.90 Å². The normalized spacial score (nSPS) is 17.1. The molecule has 1 aromatic carbocycles. The van der Waals surface area contributed by atoms with Crippen molar-refractivity contribution in [3.63, 3.8) is 0 Å². The van der Waals surface area contributed by atoms with Crippen LogP contribution in [0.5, 0.6) is 0 Å². The van der Waals surface area contributed by atoms with Gasteiger partial charge in [0.05, 0.1) is 10.2 Å². The lowest BCUT2D eigenvalue weighted by Gasteiger charge is -2.25. The Kier molecular flexibility index (Phi) is 3.25. The zero-order chi connectivity index (χ0) is 13.5. The van der Waals surface area contributed by atoms with Crippen LogP contribution in [-0.2, 0) is 5.41 Å². The number of piperidine rings is 1. The Balaban J connectivity index is 2.05. The number of rotatable bonds is 1. The molecule has 1 aliphatic rings. The maximum absolute atomic E-state index is 4.95. The first-order chi connectivity index (χ1) is 9.05. The molecular formula is C16H22N2S. The maximum atomic E-state index is 4.95. The Morgan fingerprint density at radius 2 is 1.84 bits per heavy atom. The van der Waals surface area contributed by atoms with Crippen LogP contribution < -0.4 is 4.90 Å². The first kappa shape index (κ1) is 12.9. The largest absolute Gasteiger partial charge is 0.348 e. The number of hydrogen-bond acceptors (Lipinski definition) is 3. The smallest absolute Gasteiger partial charge is 0.186 e. The van der Waals surface area contributed by atoms with E-state index in [-0.39, 0.29) is 5.41 Å². The van der Waals surface area contributed by atoms with Gasteiger partial charge in [0, 0.05) is 13.1 Å². The molecule has 0 saturated carbocycles. The lowest BCUT2D eigenvalue weighted by Crippen LogP contribution is -2.29. The average molecular weight is 274 g/mol. The Morgan fingerprint density at radius 1 is 1.11 bits per heavy atom. The number of fused-ring (bicyclic) bond motifs is 1. The second-order valence-electron chi connectivity index (χ2n) is 6.45. The van der Waals surface area contributed by atoms with E-state index in [9.17, 15) is 0 Å². The summed E-state index contributed by atoms with van der Waals surface area (Å²) < 4.78 is 1.33. The zero-order valence-corrected chi connectivity index (χ0v) is 12.9. The monoisotopic (exact) mass is 274 g/mol. The van der Waals surface area contributed by atoms with Gasteiger partial charge in [0.25, 0.3) is 0 Å². The molecule has 0 unspecified atom stereocenters. The van der Waals surface area contributed by atoms with Gasteiger partial charge in [-0.1, -0.05) is 44.2 Å². The SMILES string of the molecule is CC(C)(C)c1cccc2sc(N3CCCCC3)nc12. The summed E-state index contributed by atoms with van der Waals surface area (Å²) in [5.74, 6) is 0. The second kappa shape index (κ2) is 4.78. The molecule has 3 rings (SSSR count). The van der Waals surface area contributed by atoms with Crippen LogP contribution >= 0.6 is 11.3 Å². The van der Waals surface area contributed by atoms with Gasteiger partial charge in [-0.2, -0.15) is 0 Å². The predicted molar refractivity (Wildman–Crippen MR) is 84.4 cm³/mol. The van der Waals surface area contributed by atoms with Gasteiger partial charge in [-0.25, -0.2) is 4.98 Å². The summed E-state index contributed by atoms with van der Waals surface area (Å²) in [6.07, 6.45) is 3.98. The summed E-state index contributed by atoms with van der Waals surface area (Å²) in [6, 6.07) is 6.60. The molecule has 0 amide bonds. The van der Waals surface area contributed by atoms with E-state index in [4.69, 9.17) is 4.98 Å². The van der Waals surface area contributed by atoms with Crippen molar-refractivity contribution in [2.24, 2.45) is 0 Å². The van der Waals surface area contributed by atoms with E-state index in [1.807, 2.05) is 11.3 Å². The number of thiazole rings is 1. The van der Waals surface area contributed by atoms with Crippen molar-refractivity contribution >= 4 is 26.7 Å². The third kappa shape index (κ3) is 2.48. The summed E-state index contributed by atoms with van der Waals surface area (Å²) in [5, 5.41) is 1.21. The number of benzene rings is 1. The van der Waals surface area contributed by atoms with E-state index in [1.165, 1.54) is 53.3 Å². The standard InChI is InChI=1S/C16H22N2S/c1-16(2,3)12-8-7-9-13-14(12)17-15(19-13)18-10-5-4-6-11-18/h7-9H,4-6,10-11H2,1-3H3. The minimum atomic E-state index is 0.159. The van der Waals surface area contributed by atoms with Gasteiger partial charge in [0.1, 0.15) is 0 Å². The molecular weight excluding hydrogens is 252 g/mol. The first-order valence-electron chi connectivity index (χ1n) is 7.21. The molecule has 0 radical (unpaired) electrons. The molecule has 3 heteroatoms. The highest BCUT2D eigenvalue weighted by molar-refractivity contribution is 7.22. The van der Waals surface area contributed by atoms with Crippen molar-refractivity contribution in [3.05, 3.63) is 23.8 Å². The van der Waals surface area contributed by atoms with Crippen LogP contribution in [0.1, 0.15) is 45.6 Å². The molecule has 0 atom stereocenters. The van der Waals surface area contributed by atoms with Gasteiger partial charge in [-0.15, -0.1) is 0 Å². The molecule has 2 nitrogen and oxygen atoms in total. The lowest BCUT2D eigenvalue weighted by molar-refractivity contribution is 0.576. The van der Waals surface area contributed by atoms with Gasteiger partial charge in [0.2, 0.25) is 0 Å². The van der Waals surface area contributed by atoms with Gasteiger partial charge in [0.15, 0.2) is 5.13 Å². The Labute approximate surface area is 119 Å². The molecule has 19 heavy (non-hydrogen) atoms. The molecule has 1 fully saturated rings. The number of aromatic nitrogens is 1. The highest BCUT2D eigenvalue weighted by atomic mass is 32.1. The number of nitrogens with zero attached hydrogens (tertiary/aromatic N) is 2. The van der Waals surface area contributed by atoms with Crippen molar-refractivity contribution in [2.75, 3.05) is 18.0 Å². The van der Waals surface area contributed by atoms with Crippen LogP contribution in [-0.4, -0.2) is 18.1 Å². The molecule has 1 aliphatic heterocycles. The first-order valence-corrected chi connectivity index (χ1v) is 8.02. The lowest BCUT2D eigenvalue weighted by atomic mass is 9.86. The van der Waals surface area contributed by atoms with Crippen molar-refractivity contribution in [2.45, 2.75) is 45.4 Å². The summed E-state index contributed by atoms with van der Waals surface area (Å²) >= 11 is 1.85. The number of hydrogen-bond donors (Lipinski definition) is 0. The van der Waals surface area contributed by atoms with E-state index in [0.29, 0.717) is 0 Å². The van der Waals surface area contributed by atoms with Crippen molar-refractivity contribution in [1.29, 1.82) is 0 Å². The van der Waals surface area contributed by atoms with E-state index in [1.54, 1.807) is 0 Å². The molecule has 0 bridgehead atoms. The van der Waals surface area contributed by atoms with Crippen LogP contribution in [0.4, 0.5) is 5.13 Å². The maximum Gasteiger partial charge on any atom is 0.186 e. The molecule has 0 spiro atoms. The quantitative estimate of drug-likeness (QED) is 0.756. The highest BCUT2D eigenvalue weighted by Crippen LogP contribution is 2.36. The van der Waals surface area contributed by atoms with E-state index >= 15 is 0 Å².